The van der Waals surface area contributed by atoms with Crippen molar-refractivity contribution in [3.8, 4) is 0 Å². The number of benzene rings is 2. The first-order valence-corrected chi connectivity index (χ1v) is 11.2. The average molecular weight is 407 g/mol. The number of nitrogens with one attached hydrogen (secondary N) is 1. The highest BCUT2D eigenvalue weighted by atomic mass is 32.2. The normalized spacial score (nSPS) is 14.8. The number of hydrogen-bond acceptors (Lipinski definition) is 4. The van der Waals surface area contributed by atoms with Crippen molar-refractivity contribution in [2.75, 3.05) is 11.1 Å². The predicted octanol–water partition coefficient (Wildman–Crippen LogP) is 5.40. The van der Waals surface area contributed by atoms with Crippen LogP contribution in [0.2, 0.25) is 0 Å². The Labute approximate surface area is 175 Å². The third-order valence-corrected chi connectivity index (χ3v) is 6.36. The monoisotopic (exact) mass is 406 g/mol. The zero-order valence-corrected chi connectivity index (χ0v) is 17.3. The first-order valence-electron chi connectivity index (χ1n) is 10.2. The van der Waals surface area contributed by atoms with Crippen LogP contribution in [0.25, 0.3) is 10.8 Å². The van der Waals surface area contributed by atoms with Crippen molar-refractivity contribution in [2.24, 2.45) is 0 Å². The molecule has 0 atom stereocenters. The number of carbonyl (C=O) groups excluding carboxylic acids is 1. The number of fused-ring (bicyclic) bond motifs is 1. The summed E-state index contributed by atoms with van der Waals surface area (Å²) in [5.74, 6) is 1.77. The lowest BCUT2D eigenvalue weighted by Gasteiger charge is -2.21. The van der Waals surface area contributed by atoms with Gasteiger partial charge < -0.3 is 9.88 Å². The van der Waals surface area contributed by atoms with Gasteiger partial charge in [-0.2, -0.15) is 0 Å². The topological polar surface area (TPSA) is 59.8 Å². The van der Waals surface area contributed by atoms with Crippen molar-refractivity contribution in [1.82, 2.24) is 14.8 Å². The Hall–Kier alpha value is -2.60. The van der Waals surface area contributed by atoms with Crippen LogP contribution in [0.1, 0.15) is 43.8 Å². The molecule has 1 fully saturated rings. The zero-order valence-electron chi connectivity index (χ0n) is 16.5. The van der Waals surface area contributed by atoms with Gasteiger partial charge in [-0.1, -0.05) is 67.4 Å². The Morgan fingerprint density at radius 2 is 1.93 bits per heavy atom. The number of allylic oxidation sites excluding steroid dienone is 1. The molecular formula is C23H26N4OS. The Bertz CT molecular complexity index is 1010. The summed E-state index contributed by atoms with van der Waals surface area (Å²) < 4.78 is 2.12. The van der Waals surface area contributed by atoms with Gasteiger partial charge in [0.25, 0.3) is 0 Å². The van der Waals surface area contributed by atoms with Crippen LogP contribution in [0.4, 0.5) is 5.69 Å². The van der Waals surface area contributed by atoms with E-state index >= 15 is 0 Å². The van der Waals surface area contributed by atoms with Crippen LogP contribution in [0.5, 0.6) is 0 Å². The molecule has 29 heavy (non-hydrogen) atoms. The average Bonchev–Trinajstić information content (AvgIpc) is 3.16. The molecule has 5 nitrogen and oxygen atoms in total. The van der Waals surface area contributed by atoms with Gasteiger partial charge in [0.15, 0.2) is 5.16 Å². The number of nitrogens with zero attached hydrogens (tertiary/aromatic N) is 3. The maximum Gasteiger partial charge on any atom is 0.234 e. The van der Waals surface area contributed by atoms with E-state index in [1.165, 1.54) is 43.9 Å². The van der Waals surface area contributed by atoms with E-state index in [0.717, 1.165) is 27.4 Å². The van der Waals surface area contributed by atoms with Crippen LogP contribution in [0, 0.1) is 0 Å². The quantitative estimate of drug-likeness (QED) is 0.422. The molecule has 1 amide bonds. The molecule has 1 aliphatic rings. The number of anilines is 1. The molecule has 0 saturated heterocycles. The van der Waals surface area contributed by atoms with E-state index in [9.17, 15) is 4.79 Å². The fraction of sp³-hybridized carbons (Fsp3) is 0.348. The van der Waals surface area contributed by atoms with Crippen molar-refractivity contribution in [3.05, 3.63) is 60.9 Å². The highest BCUT2D eigenvalue weighted by Crippen LogP contribution is 2.33. The lowest BCUT2D eigenvalue weighted by atomic mass is 9.89. The maximum absolute atomic E-state index is 12.5. The molecule has 3 aromatic rings. The van der Waals surface area contributed by atoms with Crippen LogP contribution in [-0.2, 0) is 11.3 Å². The van der Waals surface area contributed by atoms with E-state index in [-0.39, 0.29) is 5.91 Å². The van der Waals surface area contributed by atoms with E-state index in [2.05, 4.69) is 32.7 Å². The van der Waals surface area contributed by atoms with E-state index in [1.807, 2.05) is 42.5 Å². The van der Waals surface area contributed by atoms with Gasteiger partial charge in [-0.05, 0) is 35.7 Å². The fourth-order valence-electron chi connectivity index (χ4n) is 3.96. The number of thioether (sulfide) groups is 1. The van der Waals surface area contributed by atoms with E-state index in [4.69, 9.17) is 0 Å². The second-order valence-electron chi connectivity index (χ2n) is 7.47. The van der Waals surface area contributed by atoms with Gasteiger partial charge in [-0.15, -0.1) is 16.8 Å². The molecule has 150 valence electrons. The van der Waals surface area contributed by atoms with E-state index in [1.54, 1.807) is 0 Å². The summed E-state index contributed by atoms with van der Waals surface area (Å²) in [5.41, 5.74) is 0.810. The van der Waals surface area contributed by atoms with Crippen molar-refractivity contribution in [2.45, 2.75) is 49.7 Å². The molecule has 4 rings (SSSR count). The predicted molar refractivity (Wildman–Crippen MR) is 119 cm³/mol. The maximum atomic E-state index is 12.5. The number of hydrogen-bond donors (Lipinski definition) is 1. The minimum atomic E-state index is -0.0438. The molecule has 0 aliphatic heterocycles. The van der Waals surface area contributed by atoms with Gasteiger partial charge in [0, 0.05) is 18.2 Å². The zero-order chi connectivity index (χ0) is 20.1. The smallest absolute Gasteiger partial charge is 0.234 e. The first kappa shape index (κ1) is 19.7. The molecule has 1 saturated carbocycles. The third kappa shape index (κ3) is 4.70. The van der Waals surface area contributed by atoms with Gasteiger partial charge in [0.1, 0.15) is 5.82 Å². The van der Waals surface area contributed by atoms with Gasteiger partial charge in [0.2, 0.25) is 5.91 Å². The van der Waals surface area contributed by atoms with E-state index < -0.39 is 0 Å². The van der Waals surface area contributed by atoms with Crippen LogP contribution in [0.15, 0.2) is 60.3 Å². The van der Waals surface area contributed by atoms with Gasteiger partial charge in [-0.25, -0.2) is 0 Å². The summed E-state index contributed by atoms with van der Waals surface area (Å²) in [7, 11) is 0. The van der Waals surface area contributed by atoms with Crippen LogP contribution >= 0.6 is 11.8 Å². The number of carbonyl (C=O) groups is 1. The minimum Gasteiger partial charge on any atom is -0.325 e. The molecular weight excluding hydrogens is 380 g/mol. The second-order valence-corrected chi connectivity index (χ2v) is 8.42. The molecule has 0 bridgehead atoms. The summed E-state index contributed by atoms with van der Waals surface area (Å²) in [6.07, 6.45) is 8.02. The third-order valence-electron chi connectivity index (χ3n) is 5.39. The van der Waals surface area contributed by atoms with Crippen molar-refractivity contribution in [1.29, 1.82) is 0 Å². The SMILES string of the molecule is C=CCn1c(SCC(=O)Nc2ccc3ccccc3c2)nnc1C1CCCCC1. The fourth-order valence-corrected chi connectivity index (χ4v) is 4.72. The summed E-state index contributed by atoms with van der Waals surface area (Å²) >= 11 is 1.43. The van der Waals surface area contributed by atoms with Gasteiger partial charge in [0.05, 0.1) is 5.75 Å². The second kappa shape index (κ2) is 9.27. The van der Waals surface area contributed by atoms with Crippen LogP contribution in [-0.4, -0.2) is 26.4 Å². The molecule has 0 spiro atoms. The van der Waals surface area contributed by atoms with Crippen molar-refractivity contribution >= 4 is 34.1 Å². The van der Waals surface area contributed by atoms with Crippen LogP contribution < -0.4 is 5.32 Å². The molecule has 1 heterocycles. The lowest BCUT2D eigenvalue weighted by molar-refractivity contribution is -0.113. The van der Waals surface area contributed by atoms with Crippen molar-refractivity contribution < 1.29 is 4.79 Å². The standard InChI is InChI=1S/C23H26N4OS/c1-2-14-27-22(18-9-4-3-5-10-18)25-26-23(27)29-16-21(28)24-20-13-12-17-8-6-7-11-19(17)15-20/h2,6-8,11-13,15,18H,1,3-5,9-10,14,16H2,(H,24,28). The molecule has 6 heteroatoms. The molecule has 1 aliphatic carbocycles. The Morgan fingerprint density at radius 3 is 2.72 bits per heavy atom. The summed E-state index contributed by atoms with van der Waals surface area (Å²) in [6, 6.07) is 14.1. The first-order chi connectivity index (χ1) is 14.2. The van der Waals surface area contributed by atoms with Gasteiger partial charge >= 0.3 is 0 Å². The van der Waals surface area contributed by atoms with Gasteiger partial charge in [-0.3, -0.25) is 4.79 Å². The highest BCUT2D eigenvalue weighted by molar-refractivity contribution is 7.99. The largest absolute Gasteiger partial charge is 0.325 e. The lowest BCUT2D eigenvalue weighted by Crippen LogP contribution is -2.15. The number of amides is 1. The Morgan fingerprint density at radius 1 is 1.14 bits per heavy atom. The summed E-state index contributed by atoms with van der Waals surface area (Å²) in [4.78, 5) is 12.5. The molecule has 1 N–H and O–H groups in total. The summed E-state index contributed by atoms with van der Waals surface area (Å²) in [5, 5.41) is 14.9. The Kier molecular flexibility index (Phi) is 6.30. The number of rotatable bonds is 7. The van der Waals surface area contributed by atoms with E-state index in [0.29, 0.717) is 18.2 Å². The number of aromatic nitrogens is 3. The molecule has 0 unspecified atom stereocenters. The van der Waals surface area contributed by atoms with Crippen LogP contribution in [0.3, 0.4) is 0 Å². The summed E-state index contributed by atoms with van der Waals surface area (Å²) in [6.45, 7) is 4.55. The highest BCUT2D eigenvalue weighted by Gasteiger charge is 2.23. The minimum absolute atomic E-state index is 0.0438. The molecule has 2 aromatic carbocycles. The molecule has 0 radical (unpaired) electrons. The molecule has 1 aromatic heterocycles. The Balaban J connectivity index is 1.41. The van der Waals surface area contributed by atoms with Crippen molar-refractivity contribution in [3.63, 3.8) is 0 Å².